The molecule has 0 aliphatic carbocycles. The Kier molecular flexibility index (Phi) is 11.2. The molecule has 9 atom stereocenters. The van der Waals surface area contributed by atoms with E-state index in [9.17, 15) is 30.3 Å². The highest BCUT2D eigenvalue weighted by atomic mass is 33.1. The Hall–Kier alpha value is -4.71. The van der Waals surface area contributed by atoms with E-state index in [1.165, 1.54) is 34.4 Å². The molecule has 0 bridgehead atoms. The number of anilines is 1. The maximum Gasteiger partial charge on any atom is 0.256 e. The number of aliphatic hydroxyl groups is 4. The first kappa shape index (κ1) is 39.1. The van der Waals surface area contributed by atoms with Crippen LogP contribution in [-0.2, 0) is 30.8 Å². The van der Waals surface area contributed by atoms with Crippen molar-refractivity contribution >= 4 is 76.4 Å². The number of rotatable bonds is 12. The van der Waals surface area contributed by atoms with Crippen LogP contribution in [0.1, 0.15) is 28.4 Å². The van der Waals surface area contributed by atoms with Crippen LogP contribution in [-0.4, -0.2) is 121 Å². The number of carbonyl (C=O) groups is 1. The third-order valence-corrected chi connectivity index (χ3v) is 11.4. The summed E-state index contributed by atoms with van der Waals surface area (Å²) in [7, 11) is 0. The second kappa shape index (κ2) is 16.3. The third-order valence-electron chi connectivity index (χ3n) is 9.23. The van der Waals surface area contributed by atoms with Crippen LogP contribution in [0.15, 0.2) is 91.0 Å². The highest BCUT2D eigenvalue weighted by Crippen LogP contribution is 2.66. The second-order valence-electron chi connectivity index (χ2n) is 12.8. The largest absolute Gasteiger partial charge is 0.858 e. The number of nitrogens with one attached hydrogen (secondary N) is 1. The molecule has 2 aromatic carbocycles. The van der Waals surface area contributed by atoms with Gasteiger partial charge in [0.1, 0.15) is 49.8 Å². The van der Waals surface area contributed by atoms with Gasteiger partial charge in [0.25, 0.3) is 5.91 Å². The lowest BCUT2D eigenvalue weighted by atomic mass is 10.1. The molecule has 0 radical (unpaired) electrons. The lowest BCUT2D eigenvalue weighted by molar-refractivity contribution is -0.212. The Morgan fingerprint density at radius 2 is 1.44 bits per heavy atom. The van der Waals surface area contributed by atoms with Gasteiger partial charge in [-0.2, -0.15) is 0 Å². The predicted octanol–water partition coefficient (Wildman–Crippen LogP) is 0.783. The number of nitrogens with zero attached hydrogens (tertiary/aromatic N) is 9. The molecule has 1 amide bonds. The number of aliphatic hydroxyl groups excluding tert-OH is 4. The van der Waals surface area contributed by atoms with E-state index in [-0.39, 0.29) is 34.0 Å². The maximum absolute atomic E-state index is 12.8. The van der Waals surface area contributed by atoms with E-state index in [1.807, 2.05) is 0 Å². The van der Waals surface area contributed by atoms with Gasteiger partial charge in [-0.05, 0) is 23.6 Å². The van der Waals surface area contributed by atoms with Gasteiger partial charge in [0.2, 0.25) is 6.12 Å². The molecular formula is C34H32N10O10PS2-. The van der Waals surface area contributed by atoms with Gasteiger partial charge in [-0.3, -0.25) is 13.9 Å². The number of benzene rings is 2. The number of hydrogen-bond acceptors (Lipinski definition) is 19. The van der Waals surface area contributed by atoms with Gasteiger partial charge >= 0.3 is 0 Å². The minimum Gasteiger partial charge on any atom is -0.858 e. The maximum atomic E-state index is 12.8. The van der Waals surface area contributed by atoms with E-state index in [1.54, 1.807) is 60.7 Å². The Labute approximate surface area is 333 Å². The highest BCUT2D eigenvalue weighted by Gasteiger charge is 2.51. The molecule has 8 rings (SSSR count). The van der Waals surface area contributed by atoms with Crippen molar-refractivity contribution in [3.8, 4) is 0 Å². The summed E-state index contributed by atoms with van der Waals surface area (Å²) in [6.07, 6.45) is -8.82. The number of imidazole rings is 2. The van der Waals surface area contributed by atoms with E-state index in [0.29, 0.717) is 11.1 Å². The lowest BCUT2D eigenvalue weighted by Gasteiger charge is -2.29. The molecule has 0 spiro atoms. The van der Waals surface area contributed by atoms with Crippen LogP contribution in [0, 0.1) is 0 Å². The molecular weight excluding hydrogens is 804 g/mol. The molecule has 5 N–H and O–H groups in total. The summed E-state index contributed by atoms with van der Waals surface area (Å²) in [5, 5.41) is 59.0. The zero-order valence-electron chi connectivity index (χ0n) is 29.2. The first-order valence-electron chi connectivity index (χ1n) is 17.2. The number of hydrogen-bond donors (Lipinski definition) is 6. The Morgan fingerprint density at radius 3 is 2.12 bits per heavy atom. The van der Waals surface area contributed by atoms with Gasteiger partial charge < -0.3 is 52.6 Å². The van der Waals surface area contributed by atoms with E-state index in [4.69, 9.17) is 30.8 Å². The number of thiol groups is 1. The summed E-state index contributed by atoms with van der Waals surface area (Å²) < 4.78 is 26.5. The summed E-state index contributed by atoms with van der Waals surface area (Å²) in [5.74, 6) is -0.831. The first-order valence-corrected chi connectivity index (χ1v) is 21.0. The van der Waals surface area contributed by atoms with Crippen LogP contribution in [0.3, 0.4) is 0 Å². The van der Waals surface area contributed by atoms with Crippen molar-refractivity contribution in [2.24, 2.45) is 4.99 Å². The molecule has 4 aromatic heterocycles. The average Bonchev–Trinajstić information content (AvgIpc) is 3.99. The monoisotopic (exact) mass is 835 g/mol. The average molecular weight is 836 g/mol. The summed E-state index contributed by atoms with van der Waals surface area (Å²) >= 11 is 9.96. The van der Waals surface area contributed by atoms with Gasteiger partial charge in [-0.15, -0.1) is 0 Å². The summed E-state index contributed by atoms with van der Waals surface area (Å²) in [6, 6.07) is 16.9. The zero-order chi connectivity index (χ0) is 39.8. The molecule has 2 aliphatic rings. The van der Waals surface area contributed by atoms with Crippen LogP contribution >= 0.6 is 18.4 Å². The Morgan fingerprint density at radius 1 is 0.842 bits per heavy atom. The fourth-order valence-electron chi connectivity index (χ4n) is 6.42. The lowest BCUT2D eigenvalue weighted by Crippen LogP contribution is -2.36. The van der Waals surface area contributed by atoms with Crippen LogP contribution in [0.5, 0.6) is 0 Å². The molecule has 6 heterocycles. The van der Waals surface area contributed by atoms with Crippen molar-refractivity contribution in [2.45, 2.75) is 49.1 Å². The Balaban J connectivity index is 0.933. The van der Waals surface area contributed by atoms with Gasteiger partial charge in [-0.25, -0.2) is 43.9 Å². The van der Waals surface area contributed by atoms with Crippen molar-refractivity contribution in [2.75, 3.05) is 18.5 Å². The van der Waals surface area contributed by atoms with Crippen LogP contribution in [0.25, 0.3) is 22.3 Å². The van der Waals surface area contributed by atoms with Crippen molar-refractivity contribution in [1.82, 2.24) is 39.0 Å². The minimum absolute atomic E-state index is 0.00140. The van der Waals surface area contributed by atoms with Crippen LogP contribution in [0.4, 0.5) is 11.6 Å². The molecule has 1 unspecified atom stereocenters. The first-order chi connectivity index (χ1) is 27.5. The minimum atomic E-state index is -3.58. The third kappa shape index (κ3) is 7.81. The van der Waals surface area contributed by atoms with E-state index in [2.05, 4.69) is 52.5 Å². The van der Waals surface area contributed by atoms with E-state index in [0.717, 1.165) is 0 Å². The molecule has 2 aliphatic heterocycles. The molecule has 2 fully saturated rings. The Bertz CT molecular complexity index is 2410. The number of aromatic nitrogens is 8. The molecule has 296 valence electrons. The standard InChI is InChI=1S/C34H33N10O10PS2/c45-11-19-26(25(48)34(52-19)44-16-40-22-28(36-14-38-30(22)44)42-32(50)18-9-5-2-6-10-18)54-55(56,57)51-12-20-23(46)24(47)33(53-20)43-15-39-21-27(35-13-37-29(21)43)41-31(49)17-7-3-1-4-8-17/h1-10,13-16,19-20,23-26,33-34,45-48H,11-12H2,(H,56,57)(H,35,37,41,49)(H,36,38,42,50)/p-1/t19-,20-,23-,24-,25-,26-,33-,34-/m1/s1. The van der Waals surface area contributed by atoms with Crippen LogP contribution in [0.2, 0.25) is 0 Å². The molecule has 0 saturated carbocycles. The van der Waals surface area contributed by atoms with Crippen molar-refractivity contribution < 1.29 is 48.8 Å². The van der Waals surface area contributed by atoms with Crippen molar-refractivity contribution in [3.63, 3.8) is 0 Å². The molecule has 6 aromatic rings. The summed E-state index contributed by atoms with van der Waals surface area (Å²) in [5.41, 5.74) is 1.51. The number of fused-ring (bicyclic) bond motifs is 2. The molecule has 20 nitrogen and oxygen atoms in total. The zero-order valence-corrected chi connectivity index (χ0v) is 31.8. The quantitative estimate of drug-likeness (QED) is 0.0327. The molecule has 23 heteroatoms. The van der Waals surface area contributed by atoms with Gasteiger partial charge in [0.15, 0.2) is 52.5 Å². The summed E-state index contributed by atoms with van der Waals surface area (Å²) in [6.45, 7) is -0.988. The van der Waals surface area contributed by atoms with Gasteiger partial charge in [0.05, 0.1) is 19.3 Å². The van der Waals surface area contributed by atoms with Crippen LogP contribution < -0.4 is 10.4 Å². The van der Waals surface area contributed by atoms with Gasteiger partial charge in [-0.1, -0.05) is 48.5 Å². The molecule has 57 heavy (non-hydrogen) atoms. The predicted molar refractivity (Wildman–Crippen MR) is 205 cm³/mol. The van der Waals surface area contributed by atoms with Crippen molar-refractivity contribution in [1.29, 1.82) is 0 Å². The van der Waals surface area contributed by atoms with Crippen molar-refractivity contribution in [3.05, 3.63) is 97.1 Å². The van der Waals surface area contributed by atoms with Gasteiger partial charge in [0, 0.05) is 17.8 Å². The number of amides is 1. The topological polar surface area (TPSA) is 270 Å². The second-order valence-corrected chi connectivity index (χ2v) is 18.0. The fraction of sp³-hybridized carbons (Fsp3) is 0.294. The number of ether oxygens (including phenoxy) is 2. The number of carbonyl (C=O) groups excluding carboxylic acids is 1. The number of aliphatic imine (C=N–C) groups is 1. The smallest absolute Gasteiger partial charge is 0.256 e. The summed E-state index contributed by atoms with van der Waals surface area (Å²) in [4.78, 5) is 42.2. The fourth-order valence-corrected chi connectivity index (χ4v) is 8.39. The molecule has 2 saturated heterocycles. The normalized spacial score (nSPS) is 26.2. The van der Waals surface area contributed by atoms with E-state index >= 15 is 0 Å². The SMILES string of the molecule is O=C(Nc1ncnc2c1ncn2[C@@H]1O[C@H](CO)[C@@H](O[P+]([S-])(S)OC[C@H]2O[C@@H](n3cnc4c(N=C([O-])c5ccccc5)ncnc43)[C@H](O)[C@@H]2O)[C@H]1O)c1ccccc1. The highest BCUT2D eigenvalue weighted by molar-refractivity contribution is 8.76. The van der Waals surface area contributed by atoms with E-state index < -0.39 is 80.2 Å².